The van der Waals surface area contributed by atoms with Crippen LogP contribution in [-0.2, 0) is 20.7 Å². The average molecular weight is 575 g/mol. The minimum atomic E-state index is -1.85. The zero-order valence-corrected chi connectivity index (χ0v) is 21.8. The lowest BCUT2D eigenvalue weighted by atomic mass is 9.81. The summed E-state index contributed by atoms with van der Waals surface area (Å²) < 4.78 is 54.1. The number of aromatic nitrogens is 3. The number of nitrogens with one attached hydrogen (secondary N) is 1. The number of carbonyl (C=O) groups is 1. The molecule has 3 heterocycles. The van der Waals surface area contributed by atoms with E-state index >= 15 is 0 Å². The van der Waals surface area contributed by atoms with E-state index in [0.29, 0.717) is 6.42 Å². The first-order valence-corrected chi connectivity index (χ1v) is 13.5. The molecule has 0 radical (unpaired) electrons. The Morgan fingerprint density at radius 2 is 1.90 bits per heavy atom. The molecule has 13 heteroatoms. The molecular weight excluding hydrogens is 545 g/mol. The number of hydrogen-bond acceptors (Lipinski definition) is 8. The van der Waals surface area contributed by atoms with Crippen molar-refractivity contribution in [3.05, 3.63) is 71.2 Å². The molecule has 6 rings (SSSR count). The summed E-state index contributed by atoms with van der Waals surface area (Å²) in [4.78, 5) is 13.5. The van der Waals surface area contributed by atoms with Crippen LogP contribution in [0.2, 0.25) is 0 Å². The van der Waals surface area contributed by atoms with Crippen molar-refractivity contribution >= 4 is 5.91 Å². The van der Waals surface area contributed by atoms with Crippen molar-refractivity contribution in [3.8, 4) is 11.3 Å². The van der Waals surface area contributed by atoms with E-state index in [9.17, 15) is 33.3 Å². The standard InChI is InChI=1S/C28H29F3N4O6/c29-18-10-15(11-19(30)23(18)31)20-12-35(34-33-20)24-25(37)21(13-36)41-28(26(24)38)22(8-9-40-28)32-27(39)17-7-3-5-14-4-1-2-6-16(14)17/h1-2,4,6,10-12,17,21-22,24-26,36-38H,3,5,7-9,13H2,(H,32,39)/t17?,21-,22-,24+,25+,26-,28+/m1/s1. The van der Waals surface area contributed by atoms with Gasteiger partial charge in [-0.3, -0.25) is 4.79 Å². The highest BCUT2D eigenvalue weighted by atomic mass is 19.2. The number of amides is 1. The number of halogens is 3. The second kappa shape index (κ2) is 10.8. The third-order valence-corrected chi connectivity index (χ3v) is 8.30. The summed E-state index contributed by atoms with van der Waals surface area (Å²) in [6, 6.07) is 7.11. The summed E-state index contributed by atoms with van der Waals surface area (Å²) >= 11 is 0. The van der Waals surface area contributed by atoms with Crippen molar-refractivity contribution in [1.29, 1.82) is 0 Å². The predicted octanol–water partition coefficient (Wildman–Crippen LogP) is 1.74. The predicted molar refractivity (Wildman–Crippen MR) is 136 cm³/mol. The Balaban J connectivity index is 1.29. The fourth-order valence-corrected chi connectivity index (χ4v) is 6.24. The monoisotopic (exact) mass is 574 g/mol. The summed E-state index contributed by atoms with van der Waals surface area (Å²) in [5.74, 6) is -6.97. The van der Waals surface area contributed by atoms with E-state index in [0.717, 1.165) is 40.8 Å². The molecular formula is C28H29F3N4O6. The third-order valence-electron chi connectivity index (χ3n) is 8.30. The maximum Gasteiger partial charge on any atom is 0.227 e. The molecule has 2 aliphatic heterocycles. The maximum absolute atomic E-state index is 13.8. The van der Waals surface area contributed by atoms with Gasteiger partial charge < -0.3 is 30.1 Å². The zero-order valence-electron chi connectivity index (χ0n) is 21.8. The SMILES string of the molecule is O=C(N[C@@H]1CCO[C@]12O[C@H](CO)[C@H](O)[C@H](n1cc(-c3cc(F)c(F)c(F)c3)nn1)[C@H]2O)C1CCCc2ccccc21. The van der Waals surface area contributed by atoms with Crippen LogP contribution in [0.5, 0.6) is 0 Å². The molecule has 10 nitrogen and oxygen atoms in total. The largest absolute Gasteiger partial charge is 0.394 e. The van der Waals surface area contributed by atoms with Crippen molar-refractivity contribution in [1.82, 2.24) is 20.3 Å². The van der Waals surface area contributed by atoms with E-state index in [4.69, 9.17) is 9.47 Å². The number of aliphatic hydroxyl groups excluding tert-OH is 3. The van der Waals surface area contributed by atoms with Crippen molar-refractivity contribution in [2.45, 2.75) is 67.8 Å². The minimum Gasteiger partial charge on any atom is -0.394 e. The lowest BCUT2D eigenvalue weighted by molar-refractivity contribution is -0.345. The number of nitrogens with zero attached hydrogens (tertiary/aromatic N) is 3. The molecule has 1 amide bonds. The molecule has 1 spiro atoms. The quantitative estimate of drug-likeness (QED) is 0.338. The number of fused-ring (bicyclic) bond motifs is 1. The van der Waals surface area contributed by atoms with E-state index in [-0.39, 0.29) is 30.2 Å². The summed E-state index contributed by atoms with van der Waals surface area (Å²) in [5, 5.41) is 43.5. The van der Waals surface area contributed by atoms with Gasteiger partial charge in [-0.15, -0.1) is 5.10 Å². The van der Waals surface area contributed by atoms with E-state index in [1.165, 1.54) is 6.20 Å². The molecule has 3 aromatic rings. The molecule has 1 aromatic heterocycles. The van der Waals surface area contributed by atoms with Gasteiger partial charge in [0.25, 0.3) is 0 Å². The molecule has 41 heavy (non-hydrogen) atoms. The van der Waals surface area contributed by atoms with Crippen LogP contribution in [0.1, 0.15) is 42.3 Å². The number of hydrogen-bond donors (Lipinski definition) is 4. The van der Waals surface area contributed by atoms with Gasteiger partial charge in [0.2, 0.25) is 11.7 Å². The van der Waals surface area contributed by atoms with E-state index < -0.39 is 66.2 Å². The van der Waals surface area contributed by atoms with Crippen LogP contribution in [0, 0.1) is 17.5 Å². The Labute approximate surface area is 232 Å². The number of aryl methyl sites for hydroxylation is 1. The number of rotatable bonds is 5. The van der Waals surface area contributed by atoms with Crippen LogP contribution in [0.25, 0.3) is 11.3 Å². The second-order valence-electron chi connectivity index (χ2n) is 10.7. The molecule has 3 aliphatic rings. The van der Waals surface area contributed by atoms with Gasteiger partial charge >= 0.3 is 0 Å². The minimum absolute atomic E-state index is 0.0588. The third kappa shape index (κ3) is 4.71. The first-order chi connectivity index (χ1) is 19.7. The van der Waals surface area contributed by atoms with Gasteiger partial charge in [0.1, 0.15) is 30.0 Å². The van der Waals surface area contributed by atoms with Gasteiger partial charge in [0.05, 0.1) is 31.4 Å². The number of ether oxygens (including phenoxy) is 2. The molecule has 0 saturated carbocycles. The molecule has 1 unspecified atom stereocenters. The summed E-state index contributed by atoms with van der Waals surface area (Å²) in [7, 11) is 0. The number of carbonyl (C=O) groups excluding carboxylic acids is 1. The van der Waals surface area contributed by atoms with Crippen molar-refractivity contribution < 1.29 is 42.8 Å². The second-order valence-corrected chi connectivity index (χ2v) is 10.7. The highest BCUT2D eigenvalue weighted by Crippen LogP contribution is 2.44. The van der Waals surface area contributed by atoms with Gasteiger partial charge in [0, 0.05) is 5.56 Å². The Morgan fingerprint density at radius 3 is 2.66 bits per heavy atom. The molecule has 2 fully saturated rings. The Morgan fingerprint density at radius 1 is 1.15 bits per heavy atom. The van der Waals surface area contributed by atoms with Crippen LogP contribution < -0.4 is 5.32 Å². The first kappa shape index (κ1) is 27.8. The number of benzene rings is 2. The molecule has 218 valence electrons. The van der Waals surface area contributed by atoms with Crippen molar-refractivity contribution in [2.75, 3.05) is 13.2 Å². The van der Waals surface area contributed by atoms with Crippen LogP contribution in [0.4, 0.5) is 13.2 Å². The van der Waals surface area contributed by atoms with E-state index in [1.807, 2.05) is 24.3 Å². The fraction of sp³-hybridized carbons (Fsp3) is 0.464. The van der Waals surface area contributed by atoms with E-state index in [1.54, 1.807) is 0 Å². The van der Waals surface area contributed by atoms with Crippen LogP contribution >= 0.6 is 0 Å². The van der Waals surface area contributed by atoms with Crippen LogP contribution in [0.3, 0.4) is 0 Å². The Bertz CT molecular complexity index is 1430. The smallest absolute Gasteiger partial charge is 0.227 e. The Kier molecular flexibility index (Phi) is 7.32. The van der Waals surface area contributed by atoms with Crippen molar-refractivity contribution in [2.24, 2.45) is 0 Å². The highest BCUT2D eigenvalue weighted by molar-refractivity contribution is 5.84. The molecule has 1 aliphatic carbocycles. The first-order valence-electron chi connectivity index (χ1n) is 13.5. The Hall–Kier alpha value is -3.36. The lowest BCUT2D eigenvalue weighted by Gasteiger charge is -2.49. The van der Waals surface area contributed by atoms with Gasteiger partial charge in [-0.1, -0.05) is 29.5 Å². The average Bonchev–Trinajstić information content (AvgIpc) is 3.61. The van der Waals surface area contributed by atoms with Gasteiger partial charge in [-0.05, 0) is 48.9 Å². The normalized spacial score (nSPS) is 31.3. The lowest BCUT2D eigenvalue weighted by Crippen LogP contribution is -2.69. The number of aliphatic hydroxyl groups is 3. The highest BCUT2D eigenvalue weighted by Gasteiger charge is 2.62. The maximum atomic E-state index is 13.8. The fourth-order valence-electron chi connectivity index (χ4n) is 6.24. The molecule has 4 N–H and O–H groups in total. The summed E-state index contributed by atoms with van der Waals surface area (Å²) in [5.41, 5.74) is 1.87. The molecule has 7 atom stereocenters. The van der Waals surface area contributed by atoms with Gasteiger partial charge in [-0.2, -0.15) is 0 Å². The molecule has 0 bridgehead atoms. The molecule has 2 aromatic carbocycles. The topological polar surface area (TPSA) is 139 Å². The molecule has 2 saturated heterocycles. The van der Waals surface area contributed by atoms with Crippen LogP contribution in [0.15, 0.2) is 42.6 Å². The summed E-state index contributed by atoms with van der Waals surface area (Å²) in [6.07, 6.45) is -0.493. The van der Waals surface area contributed by atoms with E-state index in [2.05, 4.69) is 15.6 Å². The summed E-state index contributed by atoms with van der Waals surface area (Å²) in [6.45, 7) is -0.539. The van der Waals surface area contributed by atoms with Gasteiger partial charge in [-0.25, -0.2) is 17.9 Å². The van der Waals surface area contributed by atoms with Crippen LogP contribution in [-0.4, -0.2) is 79.6 Å². The van der Waals surface area contributed by atoms with Crippen molar-refractivity contribution in [3.63, 3.8) is 0 Å². The zero-order chi connectivity index (χ0) is 28.9. The van der Waals surface area contributed by atoms with Gasteiger partial charge in [0.15, 0.2) is 17.5 Å².